The summed E-state index contributed by atoms with van der Waals surface area (Å²) in [6.07, 6.45) is 0.735. The van der Waals surface area contributed by atoms with E-state index in [-0.39, 0.29) is 28.3 Å². The van der Waals surface area contributed by atoms with Crippen LogP contribution in [0.15, 0.2) is 132 Å². The van der Waals surface area contributed by atoms with Crippen molar-refractivity contribution in [2.24, 2.45) is 25.6 Å². The van der Waals surface area contributed by atoms with E-state index in [1.807, 2.05) is 0 Å². The average molecular weight is 813 g/mol. The van der Waals surface area contributed by atoms with Crippen LogP contribution in [0, 0.1) is 10.1 Å². The molecular weight excluding hydrogens is 789 g/mol. The second-order valence-electron chi connectivity index (χ2n) is 11.8. The molecule has 6 rings (SSSR count). The number of carbonyl (C=O) groups excluding carboxylic acids is 1. The Kier molecular flexibility index (Phi) is 10.5. The van der Waals surface area contributed by atoms with Gasteiger partial charge in [-0.25, -0.2) is 4.79 Å². The number of nitrogens with one attached hydrogen (secondary N) is 1. The van der Waals surface area contributed by atoms with Crippen LogP contribution in [0.1, 0.15) is 26.3 Å². The Labute approximate surface area is 320 Å². The number of hydrogen-bond acceptors (Lipinski definition) is 16. The predicted molar refractivity (Wildman–Crippen MR) is 204 cm³/mol. The van der Waals surface area contributed by atoms with Crippen LogP contribution in [-0.4, -0.2) is 58.5 Å². The minimum Gasteiger partial charge on any atom is -0.507 e. The second-order valence-corrected chi connectivity index (χ2v) is 14.5. The number of carbonyl (C=O) groups is 2. The maximum Gasteiger partial charge on any atom is 0.339 e. The highest BCUT2D eigenvalue weighted by molar-refractivity contribution is 7.91. The zero-order chi connectivity index (χ0) is 41.2. The molecule has 0 bridgehead atoms. The largest absolute Gasteiger partial charge is 0.507 e. The number of non-ortho nitro benzene ring substituents is 1. The number of nitrogen functional groups attached to an aromatic ring is 1. The summed E-state index contributed by atoms with van der Waals surface area (Å²) < 4.78 is 69.5. The van der Waals surface area contributed by atoms with Crippen molar-refractivity contribution in [3.63, 3.8) is 0 Å². The van der Waals surface area contributed by atoms with Crippen LogP contribution in [0.4, 0.5) is 39.8 Å². The number of benzene rings is 5. The number of nitro groups is 1. The normalized spacial score (nSPS) is 13.8. The number of hydrogen-bond donors (Lipinski definition) is 6. The van der Waals surface area contributed by atoms with Gasteiger partial charge in [0.2, 0.25) is 5.78 Å². The van der Waals surface area contributed by atoms with E-state index in [9.17, 15) is 55.9 Å². The van der Waals surface area contributed by atoms with E-state index in [0.29, 0.717) is 17.3 Å². The highest BCUT2D eigenvalue weighted by Gasteiger charge is 2.37. The summed E-state index contributed by atoms with van der Waals surface area (Å²) in [6.45, 7) is 0. The number of nitrogens with zero attached hydrogens (tertiary/aromatic N) is 6. The van der Waals surface area contributed by atoms with E-state index in [2.05, 4.69) is 31.0 Å². The lowest BCUT2D eigenvalue weighted by molar-refractivity contribution is -0.384. The molecule has 0 atom stereocenters. The smallest absolute Gasteiger partial charge is 0.339 e. The molecule has 0 amide bonds. The first kappa shape index (κ1) is 39.2. The van der Waals surface area contributed by atoms with Gasteiger partial charge in [0, 0.05) is 12.1 Å². The predicted octanol–water partition coefficient (Wildman–Crippen LogP) is 7.22. The molecule has 22 heteroatoms. The van der Waals surface area contributed by atoms with Crippen LogP contribution >= 0.6 is 0 Å². The maximum atomic E-state index is 13.8. The topological polar surface area (TPSA) is 326 Å². The molecule has 0 saturated carbocycles. The van der Waals surface area contributed by atoms with Crippen LogP contribution < -0.4 is 11.2 Å². The Bertz CT molecular complexity index is 2840. The first-order chi connectivity index (χ1) is 26.9. The fraction of sp³-hybridized carbons (Fsp3) is 0. The molecule has 7 N–H and O–H groups in total. The van der Waals surface area contributed by atoms with Gasteiger partial charge in [0.1, 0.15) is 26.8 Å². The summed E-state index contributed by atoms with van der Waals surface area (Å²) in [7, 11) is -10.3. The number of Topliss-reactive ketones (excluding diaryl/α,β-unsaturated/α-hetero) is 1. The summed E-state index contributed by atoms with van der Waals surface area (Å²) in [5.74, 6) is -2.91. The van der Waals surface area contributed by atoms with Crippen molar-refractivity contribution in [1.82, 2.24) is 0 Å². The minimum atomic E-state index is -5.18. The molecule has 20 nitrogen and oxygen atoms in total. The molecular formula is C35H24N8O12S2. The van der Waals surface area contributed by atoms with Crippen molar-refractivity contribution in [3.05, 3.63) is 129 Å². The highest BCUT2D eigenvalue weighted by atomic mass is 32.2. The van der Waals surface area contributed by atoms with Crippen LogP contribution in [0.3, 0.4) is 0 Å². The van der Waals surface area contributed by atoms with Crippen LogP contribution in [0.25, 0.3) is 17.2 Å². The van der Waals surface area contributed by atoms with Crippen molar-refractivity contribution in [2.75, 3.05) is 11.2 Å². The summed E-state index contributed by atoms with van der Waals surface area (Å²) in [5.41, 5.74) is 7.38. The second kappa shape index (κ2) is 15.3. The number of ketones is 1. The van der Waals surface area contributed by atoms with Gasteiger partial charge < -0.3 is 15.9 Å². The zero-order valence-electron chi connectivity index (χ0n) is 28.4. The van der Waals surface area contributed by atoms with E-state index >= 15 is 0 Å². The highest BCUT2D eigenvalue weighted by Crippen LogP contribution is 2.41. The quantitative estimate of drug-likeness (QED) is 0.0252. The number of aromatic hydroxyl groups is 1. The number of allylic oxidation sites excluding steroid dienone is 1. The van der Waals surface area contributed by atoms with Crippen molar-refractivity contribution >= 4 is 83.6 Å². The fourth-order valence-electron chi connectivity index (χ4n) is 5.30. The number of phenols is 1. The summed E-state index contributed by atoms with van der Waals surface area (Å²) in [4.78, 5) is 33.4. The summed E-state index contributed by atoms with van der Waals surface area (Å²) in [5, 5.41) is 49.4. The lowest BCUT2D eigenvalue weighted by atomic mass is 9.92. The van der Waals surface area contributed by atoms with Crippen molar-refractivity contribution in [3.8, 4) is 16.9 Å². The average Bonchev–Trinajstić information content (AvgIpc) is 3.16. The molecule has 0 spiro atoms. The maximum absolute atomic E-state index is 13.8. The molecule has 5 aromatic carbocycles. The molecule has 0 aliphatic heterocycles. The van der Waals surface area contributed by atoms with Crippen molar-refractivity contribution in [2.45, 2.75) is 4.90 Å². The number of carboxylic acids is 1. The van der Waals surface area contributed by atoms with Gasteiger partial charge in [-0.05, 0) is 83.4 Å². The van der Waals surface area contributed by atoms with Gasteiger partial charge in [0.15, 0.2) is 5.71 Å². The molecule has 0 heterocycles. The Morgan fingerprint density at radius 3 is 1.86 bits per heavy atom. The van der Waals surface area contributed by atoms with Gasteiger partial charge >= 0.3 is 5.97 Å². The molecule has 288 valence electrons. The number of fused-ring (bicyclic) bond motifs is 1. The van der Waals surface area contributed by atoms with Crippen LogP contribution in [0.5, 0.6) is 5.75 Å². The Morgan fingerprint density at radius 2 is 1.30 bits per heavy atom. The van der Waals surface area contributed by atoms with E-state index in [1.165, 1.54) is 30.3 Å². The standard InChI is InChI=1S/C35H24N8O12S2/c36-31-30-20(15-28(56(50,51)52)32(31)41-38-23-9-12-25(13-10-23)43(48)49)16-29(57(53,54)55)33(34(30)45)42-39-22-7-3-19(4-8-22)18-1-5-21(6-2-18)37-40-24-11-14-27(44)26(17-24)35(46)47/h1-17,39,44H,36H2,(H,46,47)(H,50,51,52)(H,53,54,55). The Morgan fingerprint density at radius 1 is 0.754 bits per heavy atom. The number of azo groups is 2. The minimum absolute atomic E-state index is 0.000729. The molecule has 5 aromatic rings. The van der Waals surface area contributed by atoms with Crippen LogP contribution in [-0.2, 0) is 20.2 Å². The Balaban J connectivity index is 1.26. The van der Waals surface area contributed by atoms with Gasteiger partial charge in [-0.1, -0.05) is 24.3 Å². The van der Waals surface area contributed by atoms with Crippen molar-refractivity contribution < 1.29 is 50.7 Å². The number of nitrogens with two attached hydrogens (primary N) is 1. The third-order valence-electron chi connectivity index (χ3n) is 8.05. The monoisotopic (exact) mass is 812 g/mol. The van der Waals surface area contributed by atoms with E-state index < -0.39 is 80.7 Å². The first-order valence-electron chi connectivity index (χ1n) is 15.8. The van der Waals surface area contributed by atoms with E-state index in [1.54, 1.807) is 48.5 Å². The number of carboxylic acid groups (broad SMARTS) is 1. The number of aromatic carboxylic acids is 1. The van der Waals surface area contributed by atoms with E-state index in [0.717, 1.165) is 23.8 Å². The lowest BCUT2D eigenvalue weighted by Crippen LogP contribution is -2.28. The van der Waals surface area contributed by atoms with Gasteiger partial charge in [0.25, 0.3) is 25.9 Å². The number of rotatable bonds is 11. The van der Waals surface area contributed by atoms with Gasteiger partial charge in [0.05, 0.1) is 38.9 Å². The van der Waals surface area contributed by atoms with Crippen LogP contribution in [0.2, 0.25) is 0 Å². The summed E-state index contributed by atoms with van der Waals surface area (Å²) >= 11 is 0. The molecule has 0 fully saturated rings. The Hall–Kier alpha value is -7.53. The lowest BCUT2D eigenvalue weighted by Gasteiger charge is -2.20. The molecule has 0 aromatic heterocycles. The molecule has 0 radical (unpaired) electrons. The zero-order valence-corrected chi connectivity index (χ0v) is 30.1. The number of nitro benzene ring substituents is 1. The van der Waals surface area contributed by atoms with Crippen molar-refractivity contribution in [1.29, 1.82) is 0 Å². The van der Waals surface area contributed by atoms with E-state index in [4.69, 9.17) is 5.73 Å². The third kappa shape index (κ3) is 8.58. The number of anilines is 2. The number of hydrazone groups is 1. The van der Waals surface area contributed by atoms with Gasteiger partial charge in [-0.2, -0.15) is 37.3 Å². The molecule has 1 aliphatic carbocycles. The third-order valence-corrected chi connectivity index (χ3v) is 9.78. The molecule has 0 unspecified atom stereocenters. The van der Waals surface area contributed by atoms with Gasteiger partial charge in [-0.3, -0.25) is 29.4 Å². The molecule has 0 saturated heterocycles. The fourth-order valence-corrected chi connectivity index (χ4v) is 6.63. The molecule has 57 heavy (non-hydrogen) atoms. The first-order valence-corrected chi connectivity index (χ1v) is 18.7. The SMILES string of the molecule is Nc1c(N=Nc2ccc([N+](=O)[O-])cc2)c(S(=O)(=O)O)cc2c1C(=O)C(=NNc1ccc(-c3ccc(N=Nc4ccc(O)c(C(=O)O)c4)cc3)cc1)C(S(=O)(=O)O)=C2. The van der Waals surface area contributed by atoms with Gasteiger partial charge in [-0.15, -0.1) is 5.11 Å². The molecule has 1 aliphatic rings. The summed E-state index contributed by atoms with van der Waals surface area (Å²) in [6, 6.07) is 22.2.